The number of fused-ring (bicyclic) bond motifs is 3. The van der Waals surface area contributed by atoms with Crippen molar-refractivity contribution in [1.29, 1.82) is 0 Å². The third kappa shape index (κ3) is 4.12. The SMILES string of the molecule is COCCCn1c(=O)c2ccccc2n2c(SCc3noc(-c4ccc(F)cc4)n3)nnc12. The molecule has 11 heteroatoms. The van der Waals surface area contributed by atoms with E-state index in [1.165, 1.54) is 23.9 Å². The van der Waals surface area contributed by atoms with Crippen molar-refractivity contribution in [1.82, 2.24) is 29.3 Å². The molecule has 9 nitrogen and oxygen atoms in total. The van der Waals surface area contributed by atoms with Gasteiger partial charge in [0.25, 0.3) is 11.4 Å². The van der Waals surface area contributed by atoms with Crippen molar-refractivity contribution in [2.75, 3.05) is 13.7 Å². The zero-order chi connectivity index (χ0) is 22.8. The molecular formula is C22H19FN6O3S. The first-order chi connectivity index (χ1) is 16.2. The van der Waals surface area contributed by atoms with Crippen LogP contribution in [0.3, 0.4) is 0 Å². The van der Waals surface area contributed by atoms with E-state index in [4.69, 9.17) is 9.26 Å². The minimum Gasteiger partial charge on any atom is -0.385 e. The lowest BCUT2D eigenvalue weighted by Crippen LogP contribution is -2.24. The Morgan fingerprint density at radius 2 is 1.94 bits per heavy atom. The third-order valence-electron chi connectivity index (χ3n) is 5.10. The highest BCUT2D eigenvalue weighted by Crippen LogP contribution is 2.25. The van der Waals surface area contributed by atoms with Gasteiger partial charge in [-0.3, -0.25) is 13.8 Å². The molecule has 2 aromatic carbocycles. The molecule has 0 spiro atoms. The number of thioether (sulfide) groups is 1. The predicted molar refractivity (Wildman–Crippen MR) is 120 cm³/mol. The summed E-state index contributed by atoms with van der Waals surface area (Å²) in [6, 6.07) is 13.2. The maximum Gasteiger partial charge on any atom is 0.262 e. The molecule has 0 saturated heterocycles. The van der Waals surface area contributed by atoms with Gasteiger partial charge in [-0.05, 0) is 42.8 Å². The topological polar surface area (TPSA) is 100 Å². The maximum atomic E-state index is 13.2. The summed E-state index contributed by atoms with van der Waals surface area (Å²) >= 11 is 1.38. The first-order valence-corrected chi connectivity index (χ1v) is 11.2. The van der Waals surface area contributed by atoms with Gasteiger partial charge < -0.3 is 9.26 Å². The largest absolute Gasteiger partial charge is 0.385 e. The number of aryl methyl sites for hydroxylation is 1. The van der Waals surface area contributed by atoms with Crippen LogP contribution in [0.5, 0.6) is 0 Å². The fourth-order valence-electron chi connectivity index (χ4n) is 3.55. The lowest BCUT2D eigenvalue weighted by atomic mass is 10.2. The van der Waals surface area contributed by atoms with E-state index in [1.54, 1.807) is 29.9 Å². The van der Waals surface area contributed by atoms with Gasteiger partial charge in [-0.1, -0.05) is 29.1 Å². The molecule has 0 bridgehead atoms. The number of rotatable bonds is 8. The number of benzene rings is 2. The minimum absolute atomic E-state index is 0.111. The molecule has 0 aliphatic heterocycles. The summed E-state index contributed by atoms with van der Waals surface area (Å²) in [6.45, 7) is 1.01. The van der Waals surface area contributed by atoms with Gasteiger partial charge in [0, 0.05) is 25.8 Å². The van der Waals surface area contributed by atoms with Gasteiger partial charge in [0.05, 0.1) is 16.7 Å². The number of halogens is 1. The first-order valence-electron chi connectivity index (χ1n) is 10.2. The van der Waals surface area contributed by atoms with E-state index in [9.17, 15) is 9.18 Å². The molecule has 5 rings (SSSR count). The van der Waals surface area contributed by atoms with Crippen LogP contribution in [-0.4, -0.2) is 43.0 Å². The van der Waals surface area contributed by atoms with E-state index in [-0.39, 0.29) is 11.4 Å². The van der Waals surface area contributed by atoms with Crippen LogP contribution in [0.4, 0.5) is 4.39 Å². The van der Waals surface area contributed by atoms with E-state index < -0.39 is 0 Å². The summed E-state index contributed by atoms with van der Waals surface area (Å²) in [7, 11) is 1.63. The van der Waals surface area contributed by atoms with Crippen LogP contribution in [0.25, 0.3) is 28.1 Å². The smallest absolute Gasteiger partial charge is 0.262 e. The molecule has 0 aliphatic carbocycles. The van der Waals surface area contributed by atoms with Crippen LogP contribution in [0, 0.1) is 5.82 Å². The molecule has 0 atom stereocenters. The van der Waals surface area contributed by atoms with Crippen LogP contribution >= 0.6 is 11.8 Å². The summed E-state index contributed by atoms with van der Waals surface area (Å²) in [5.74, 6) is 1.30. The fourth-order valence-corrected chi connectivity index (χ4v) is 4.33. The maximum absolute atomic E-state index is 13.2. The van der Waals surface area contributed by atoms with Gasteiger partial charge in [-0.25, -0.2) is 4.39 Å². The fraction of sp³-hybridized carbons (Fsp3) is 0.227. The molecule has 33 heavy (non-hydrogen) atoms. The van der Waals surface area contributed by atoms with Crippen molar-refractivity contribution in [3.63, 3.8) is 0 Å². The predicted octanol–water partition coefficient (Wildman–Crippen LogP) is 3.56. The summed E-state index contributed by atoms with van der Waals surface area (Å²) in [4.78, 5) is 17.4. The highest BCUT2D eigenvalue weighted by molar-refractivity contribution is 7.98. The van der Waals surface area contributed by atoms with E-state index >= 15 is 0 Å². The Hall–Kier alpha value is -3.57. The number of nitrogens with zero attached hydrogens (tertiary/aromatic N) is 6. The van der Waals surface area contributed by atoms with E-state index in [0.29, 0.717) is 58.9 Å². The number of ether oxygens (including phenoxy) is 1. The molecule has 0 N–H and O–H groups in total. The molecule has 0 radical (unpaired) electrons. The van der Waals surface area contributed by atoms with Crippen LogP contribution < -0.4 is 5.56 Å². The second-order valence-electron chi connectivity index (χ2n) is 7.25. The summed E-state index contributed by atoms with van der Waals surface area (Å²) in [5.41, 5.74) is 1.26. The first kappa shape index (κ1) is 21.3. The number of methoxy groups -OCH3 is 1. The Labute approximate surface area is 191 Å². The summed E-state index contributed by atoms with van der Waals surface area (Å²) in [5, 5.41) is 13.8. The number of aromatic nitrogens is 6. The minimum atomic E-state index is -0.333. The van der Waals surface area contributed by atoms with Crippen molar-refractivity contribution in [3.05, 3.63) is 70.5 Å². The second kappa shape index (κ2) is 9.12. The Bertz CT molecular complexity index is 1480. The second-order valence-corrected chi connectivity index (χ2v) is 8.19. The number of hydrogen-bond donors (Lipinski definition) is 0. The molecule has 0 fully saturated rings. The van der Waals surface area contributed by atoms with Gasteiger partial charge in [0.2, 0.25) is 5.78 Å². The normalized spacial score (nSPS) is 11.6. The van der Waals surface area contributed by atoms with Gasteiger partial charge in [-0.2, -0.15) is 4.98 Å². The summed E-state index contributed by atoms with van der Waals surface area (Å²) in [6.07, 6.45) is 0.675. The van der Waals surface area contributed by atoms with Crippen LogP contribution in [0.2, 0.25) is 0 Å². The average Bonchev–Trinajstić information content (AvgIpc) is 3.48. The van der Waals surface area contributed by atoms with Gasteiger partial charge >= 0.3 is 0 Å². The molecule has 3 heterocycles. The standard InChI is InChI=1S/C22H19FN6O3S/c1-31-12-4-11-28-20(30)16-5-2-3-6-17(16)29-21(28)25-26-22(29)33-13-18-24-19(32-27-18)14-7-9-15(23)10-8-14/h2-3,5-10H,4,11-13H2,1H3. The number of hydrogen-bond acceptors (Lipinski definition) is 8. The monoisotopic (exact) mass is 466 g/mol. The Kier molecular flexibility index (Phi) is 5.88. The number of para-hydroxylation sites is 1. The average molecular weight is 466 g/mol. The van der Waals surface area contributed by atoms with Crippen molar-refractivity contribution in [3.8, 4) is 11.5 Å². The van der Waals surface area contributed by atoms with Crippen LogP contribution in [-0.2, 0) is 17.0 Å². The van der Waals surface area contributed by atoms with Crippen molar-refractivity contribution in [2.24, 2.45) is 0 Å². The van der Waals surface area contributed by atoms with Crippen molar-refractivity contribution in [2.45, 2.75) is 23.9 Å². The van der Waals surface area contributed by atoms with Crippen molar-refractivity contribution < 1.29 is 13.7 Å². The lowest BCUT2D eigenvalue weighted by Gasteiger charge is -2.10. The molecule has 0 aliphatic rings. The molecule has 3 aromatic heterocycles. The zero-order valence-electron chi connectivity index (χ0n) is 17.6. The molecule has 168 valence electrons. The van der Waals surface area contributed by atoms with E-state index in [1.807, 2.05) is 22.6 Å². The van der Waals surface area contributed by atoms with Gasteiger partial charge in [0.15, 0.2) is 11.0 Å². The zero-order valence-corrected chi connectivity index (χ0v) is 18.5. The van der Waals surface area contributed by atoms with Gasteiger partial charge in [-0.15, -0.1) is 10.2 Å². The Morgan fingerprint density at radius 1 is 1.12 bits per heavy atom. The molecule has 0 saturated carbocycles. The highest BCUT2D eigenvalue weighted by Gasteiger charge is 2.18. The third-order valence-corrected chi connectivity index (χ3v) is 6.02. The van der Waals surface area contributed by atoms with E-state index in [2.05, 4.69) is 20.3 Å². The van der Waals surface area contributed by atoms with Crippen molar-refractivity contribution >= 4 is 28.4 Å². The lowest BCUT2D eigenvalue weighted by molar-refractivity contribution is 0.190. The molecular weight excluding hydrogens is 447 g/mol. The van der Waals surface area contributed by atoms with Gasteiger partial charge in [0.1, 0.15) is 5.82 Å². The highest BCUT2D eigenvalue weighted by atomic mass is 32.2. The molecule has 5 aromatic rings. The Morgan fingerprint density at radius 3 is 2.76 bits per heavy atom. The van der Waals surface area contributed by atoms with E-state index in [0.717, 1.165) is 5.52 Å². The van der Waals surface area contributed by atoms with Crippen LogP contribution in [0.15, 0.2) is 63.0 Å². The Balaban J connectivity index is 1.47. The van der Waals surface area contributed by atoms with Crippen LogP contribution in [0.1, 0.15) is 12.2 Å². The molecule has 0 amide bonds. The molecule has 0 unspecified atom stereocenters. The summed E-state index contributed by atoms with van der Waals surface area (Å²) < 4.78 is 27.1. The quantitative estimate of drug-likeness (QED) is 0.253.